The summed E-state index contributed by atoms with van der Waals surface area (Å²) in [4.78, 5) is 16.7. The van der Waals surface area contributed by atoms with Crippen molar-refractivity contribution in [2.75, 3.05) is 7.11 Å². The minimum absolute atomic E-state index is 0.0119. The van der Waals surface area contributed by atoms with Crippen LogP contribution in [0.5, 0.6) is 5.75 Å². The average molecular weight is 247 g/mol. The summed E-state index contributed by atoms with van der Waals surface area (Å²) >= 11 is 1.44. The lowest BCUT2D eigenvalue weighted by atomic mass is 10.1. The quantitative estimate of drug-likeness (QED) is 0.781. The lowest BCUT2D eigenvalue weighted by Gasteiger charge is -2.01. The highest BCUT2D eigenvalue weighted by atomic mass is 32.1. The molecular formula is C13H13NO2S. The van der Waals surface area contributed by atoms with E-state index in [-0.39, 0.29) is 5.78 Å². The Hall–Kier alpha value is -1.68. The van der Waals surface area contributed by atoms with Gasteiger partial charge in [-0.2, -0.15) is 0 Å². The first-order valence-electron chi connectivity index (χ1n) is 5.24. The number of ether oxygens (including phenoxy) is 1. The Kier molecular flexibility index (Phi) is 3.24. The van der Waals surface area contributed by atoms with Crippen molar-refractivity contribution in [3.05, 3.63) is 34.2 Å². The maximum Gasteiger partial charge on any atom is 0.188 e. The SMILES string of the molecule is COc1ccc(-c2nc(C(C)=O)sc2C)cc1. The zero-order valence-corrected chi connectivity index (χ0v) is 10.8. The molecule has 0 fully saturated rings. The molecule has 17 heavy (non-hydrogen) atoms. The lowest BCUT2D eigenvalue weighted by Crippen LogP contribution is -1.90. The first kappa shape index (κ1) is 11.8. The topological polar surface area (TPSA) is 39.2 Å². The van der Waals surface area contributed by atoms with Gasteiger partial charge >= 0.3 is 0 Å². The minimum Gasteiger partial charge on any atom is -0.497 e. The van der Waals surface area contributed by atoms with E-state index in [1.165, 1.54) is 18.3 Å². The molecule has 2 aromatic rings. The second-order valence-electron chi connectivity index (χ2n) is 3.71. The molecule has 0 saturated carbocycles. The summed E-state index contributed by atoms with van der Waals surface area (Å²) in [7, 11) is 1.64. The molecule has 0 aliphatic rings. The highest BCUT2D eigenvalue weighted by Crippen LogP contribution is 2.28. The molecule has 0 bridgehead atoms. The van der Waals surface area contributed by atoms with Gasteiger partial charge < -0.3 is 4.74 Å². The number of ketones is 1. The molecule has 0 aliphatic heterocycles. The molecule has 0 unspecified atom stereocenters. The fourth-order valence-corrected chi connectivity index (χ4v) is 2.39. The monoisotopic (exact) mass is 247 g/mol. The lowest BCUT2D eigenvalue weighted by molar-refractivity contribution is 0.101. The highest BCUT2D eigenvalue weighted by Gasteiger charge is 2.12. The van der Waals surface area contributed by atoms with Crippen LogP contribution in [0.2, 0.25) is 0 Å². The average Bonchev–Trinajstić information content (AvgIpc) is 2.72. The van der Waals surface area contributed by atoms with Crippen LogP contribution in [-0.2, 0) is 0 Å². The van der Waals surface area contributed by atoms with E-state index in [0.717, 1.165) is 21.9 Å². The molecule has 0 amide bonds. The van der Waals surface area contributed by atoms with Gasteiger partial charge in [0.05, 0.1) is 12.8 Å². The number of carbonyl (C=O) groups is 1. The standard InChI is InChI=1S/C13H13NO2S/c1-8(15)13-14-12(9(2)17-13)10-4-6-11(16-3)7-5-10/h4-7H,1-3H3. The third-order valence-corrected chi connectivity index (χ3v) is 3.53. The Morgan fingerprint density at radius 1 is 1.29 bits per heavy atom. The van der Waals surface area contributed by atoms with Crippen molar-refractivity contribution in [1.29, 1.82) is 0 Å². The fourth-order valence-electron chi connectivity index (χ4n) is 1.56. The summed E-state index contributed by atoms with van der Waals surface area (Å²) < 4.78 is 5.11. The summed E-state index contributed by atoms with van der Waals surface area (Å²) in [5.74, 6) is 0.825. The van der Waals surface area contributed by atoms with E-state index < -0.39 is 0 Å². The molecule has 3 nitrogen and oxygen atoms in total. The Bertz CT molecular complexity index is 543. The van der Waals surface area contributed by atoms with Crippen LogP contribution in [0, 0.1) is 6.92 Å². The van der Waals surface area contributed by atoms with Crippen LogP contribution in [0.15, 0.2) is 24.3 Å². The number of rotatable bonds is 3. The Labute approximate surface area is 104 Å². The summed E-state index contributed by atoms with van der Waals surface area (Å²) in [5, 5.41) is 0.563. The van der Waals surface area contributed by atoms with Gasteiger partial charge in [-0.05, 0) is 31.2 Å². The number of hydrogen-bond acceptors (Lipinski definition) is 4. The van der Waals surface area contributed by atoms with Gasteiger partial charge in [0.15, 0.2) is 10.8 Å². The predicted molar refractivity (Wildman–Crippen MR) is 68.8 cm³/mol. The molecule has 2 rings (SSSR count). The molecule has 1 aromatic heterocycles. The van der Waals surface area contributed by atoms with Crippen molar-refractivity contribution < 1.29 is 9.53 Å². The van der Waals surface area contributed by atoms with E-state index in [2.05, 4.69) is 4.98 Å². The molecule has 0 N–H and O–H groups in total. The zero-order chi connectivity index (χ0) is 12.4. The second kappa shape index (κ2) is 4.67. The first-order valence-corrected chi connectivity index (χ1v) is 6.06. The van der Waals surface area contributed by atoms with Crippen LogP contribution in [0.3, 0.4) is 0 Å². The van der Waals surface area contributed by atoms with Gasteiger partial charge in [0.1, 0.15) is 5.75 Å². The zero-order valence-electron chi connectivity index (χ0n) is 9.98. The van der Waals surface area contributed by atoms with Crippen LogP contribution >= 0.6 is 11.3 Å². The summed E-state index contributed by atoms with van der Waals surface area (Å²) in [5.41, 5.74) is 1.88. The third-order valence-electron chi connectivity index (χ3n) is 2.46. The van der Waals surface area contributed by atoms with E-state index >= 15 is 0 Å². The van der Waals surface area contributed by atoms with Gasteiger partial charge in [0.25, 0.3) is 0 Å². The van der Waals surface area contributed by atoms with E-state index in [9.17, 15) is 4.79 Å². The van der Waals surface area contributed by atoms with Crippen LogP contribution < -0.4 is 4.74 Å². The van der Waals surface area contributed by atoms with Crippen molar-refractivity contribution in [3.63, 3.8) is 0 Å². The fraction of sp³-hybridized carbons (Fsp3) is 0.231. The molecule has 4 heteroatoms. The molecule has 0 saturated heterocycles. The van der Waals surface area contributed by atoms with Gasteiger partial charge in [-0.15, -0.1) is 11.3 Å². The van der Waals surface area contributed by atoms with Crippen molar-refractivity contribution in [1.82, 2.24) is 4.98 Å². The van der Waals surface area contributed by atoms with Gasteiger partial charge in [0, 0.05) is 17.4 Å². The predicted octanol–water partition coefficient (Wildman–Crippen LogP) is 3.33. The number of Topliss-reactive ketones (excluding diaryl/α,β-unsaturated/α-hetero) is 1. The molecule has 88 valence electrons. The van der Waals surface area contributed by atoms with Crippen molar-refractivity contribution in [3.8, 4) is 17.0 Å². The van der Waals surface area contributed by atoms with E-state index in [4.69, 9.17) is 4.74 Å². The summed E-state index contributed by atoms with van der Waals surface area (Å²) in [6.07, 6.45) is 0. The molecule has 0 aliphatic carbocycles. The molecule has 0 spiro atoms. The Morgan fingerprint density at radius 3 is 2.41 bits per heavy atom. The maximum atomic E-state index is 11.3. The Morgan fingerprint density at radius 2 is 1.94 bits per heavy atom. The number of methoxy groups -OCH3 is 1. The number of carbonyl (C=O) groups excluding carboxylic acids is 1. The minimum atomic E-state index is 0.0119. The summed E-state index contributed by atoms with van der Waals surface area (Å²) in [6.45, 7) is 3.51. The first-order chi connectivity index (χ1) is 8.11. The maximum absolute atomic E-state index is 11.3. The normalized spacial score (nSPS) is 10.3. The smallest absolute Gasteiger partial charge is 0.188 e. The van der Waals surface area contributed by atoms with Gasteiger partial charge in [-0.1, -0.05) is 0 Å². The highest BCUT2D eigenvalue weighted by molar-refractivity contribution is 7.14. The molecule has 1 aromatic carbocycles. The van der Waals surface area contributed by atoms with Crippen LogP contribution in [0.25, 0.3) is 11.3 Å². The number of aryl methyl sites for hydroxylation is 1. The van der Waals surface area contributed by atoms with E-state index in [1.54, 1.807) is 7.11 Å². The van der Waals surface area contributed by atoms with Crippen molar-refractivity contribution >= 4 is 17.1 Å². The van der Waals surface area contributed by atoms with Crippen LogP contribution in [0.4, 0.5) is 0 Å². The third kappa shape index (κ3) is 2.36. The van der Waals surface area contributed by atoms with E-state index in [1.807, 2.05) is 31.2 Å². The number of aromatic nitrogens is 1. The molecule has 0 radical (unpaired) electrons. The number of nitrogens with zero attached hydrogens (tertiary/aromatic N) is 1. The Balaban J connectivity index is 2.41. The van der Waals surface area contributed by atoms with Crippen molar-refractivity contribution in [2.24, 2.45) is 0 Å². The number of benzene rings is 1. The number of hydrogen-bond donors (Lipinski definition) is 0. The van der Waals surface area contributed by atoms with E-state index in [0.29, 0.717) is 5.01 Å². The van der Waals surface area contributed by atoms with Crippen LogP contribution in [0.1, 0.15) is 21.6 Å². The van der Waals surface area contributed by atoms with Crippen molar-refractivity contribution in [2.45, 2.75) is 13.8 Å². The molecular weight excluding hydrogens is 234 g/mol. The second-order valence-corrected chi connectivity index (χ2v) is 4.91. The molecule has 1 heterocycles. The number of thiazole rings is 1. The van der Waals surface area contributed by atoms with Gasteiger partial charge in [0.2, 0.25) is 0 Å². The van der Waals surface area contributed by atoms with Gasteiger partial charge in [-0.25, -0.2) is 4.98 Å². The summed E-state index contributed by atoms with van der Waals surface area (Å²) in [6, 6.07) is 7.68. The largest absolute Gasteiger partial charge is 0.497 e. The van der Waals surface area contributed by atoms with Gasteiger partial charge in [-0.3, -0.25) is 4.79 Å². The van der Waals surface area contributed by atoms with Crippen LogP contribution in [-0.4, -0.2) is 17.9 Å². The molecule has 0 atom stereocenters.